The molecule has 0 rings (SSSR count). The van der Waals surface area contributed by atoms with Crippen LogP contribution in [0.5, 0.6) is 0 Å². The fraction of sp³-hybridized carbons (Fsp3) is 1.00. The van der Waals surface area contributed by atoms with Crippen LogP contribution in [-0.2, 0) is 4.57 Å². The van der Waals surface area contributed by atoms with Crippen LogP contribution in [0.3, 0.4) is 0 Å². The lowest BCUT2D eigenvalue weighted by Gasteiger charge is -2.27. The van der Waals surface area contributed by atoms with Crippen molar-refractivity contribution in [2.24, 2.45) is 0 Å². The van der Waals surface area contributed by atoms with Gasteiger partial charge in [0.15, 0.2) is 0 Å². The van der Waals surface area contributed by atoms with Crippen molar-refractivity contribution in [2.45, 2.75) is 45.4 Å². The van der Waals surface area contributed by atoms with E-state index in [1.807, 2.05) is 0 Å². The Kier molecular flexibility index (Phi) is 6.68. The van der Waals surface area contributed by atoms with E-state index in [-0.39, 0.29) is 0 Å². The molecule has 16 heavy (non-hydrogen) atoms. The summed E-state index contributed by atoms with van der Waals surface area (Å²) in [5.74, 6) is 1.03. The van der Waals surface area contributed by atoms with Gasteiger partial charge in [0.05, 0.1) is 27.7 Å². The van der Waals surface area contributed by atoms with E-state index < -0.39 is 6.34 Å². The van der Waals surface area contributed by atoms with Crippen LogP contribution in [0.1, 0.15) is 34.1 Å². The van der Waals surface area contributed by atoms with Crippen molar-refractivity contribution >= 4 is 17.7 Å². The van der Waals surface area contributed by atoms with Crippen molar-refractivity contribution in [1.82, 2.24) is 0 Å². The summed E-state index contributed by atoms with van der Waals surface area (Å²) in [7, 11) is 6.61. The summed E-state index contributed by atoms with van der Waals surface area (Å²) >= 11 is 1.73. The number of rotatable bonds is 7. The van der Waals surface area contributed by atoms with Gasteiger partial charge in [-0.2, -0.15) is 0 Å². The number of quaternary nitrogens is 1. The first-order chi connectivity index (χ1) is 7.09. The SMILES string of the molecule is CC(C)P(=O)(SCCC[N+](C)(C)C)C(C)C. The van der Waals surface area contributed by atoms with E-state index in [1.165, 1.54) is 0 Å². The minimum absolute atomic E-state index is 0.307. The molecule has 0 unspecified atom stereocenters. The summed E-state index contributed by atoms with van der Waals surface area (Å²) in [5.41, 5.74) is 0.614. The first kappa shape index (κ1) is 16.5. The lowest BCUT2D eigenvalue weighted by Crippen LogP contribution is -2.35. The first-order valence-corrected chi connectivity index (χ1v) is 9.57. The van der Waals surface area contributed by atoms with Crippen molar-refractivity contribution < 1.29 is 9.05 Å². The molecule has 0 bridgehead atoms. The Hall–Kier alpha value is 0.540. The average Bonchev–Trinajstić information content (AvgIpc) is 2.09. The van der Waals surface area contributed by atoms with Gasteiger partial charge in [0.25, 0.3) is 0 Å². The summed E-state index contributed by atoms with van der Waals surface area (Å²) < 4.78 is 13.7. The van der Waals surface area contributed by atoms with Crippen LogP contribution in [0, 0.1) is 0 Å². The van der Waals surface area contributed by atoms with Gasteiger partial charge in [-0.25, -0.2) is 0 Å². The summed E-state index contributed by atoms with van der Waals surface area (Å²) in [6, 6.07) is 0. The van der Waals surface area contributed by atoms with Crippen molar-refractivity contribution in [3.63, 3.8) is 0 Å². The summed E-state index contributed by atoms with van der Waals surface area (Å²) in [6.45, 7) is 9.52. The van der Waals surface area contributed by atoms with Crippen molar-refractivity contribution in [3.05, 3.63) is 0 Å². The van der Waals surface area contributed by atoms with Gasteiger partial charge in [-0.15, -0.1) is 0 Å². The van der Waals surface area contributed by atoms with E-state index in [0.717, 1.165) is 23.2 Å². The van der Waals surface area contributed by atoms with E-state index in [2.05, 4.69) is 48.8 Å². The molecule has 0 fully saturated rings. The Balaban J connectivity index is 4.12. The van der Waals surface area contributed by atoms with E-state index in [1.54, 1.807) is 11.4 Å². The van der Waals surface area contributed by atoms with Gasteiger partial charge in [0, 0.05) is 23.5 Å². The quantitative estimate of drug-likeness (QED) is 0.395. The van der Waals surface area contributed by atoms with E-state index >= 15 is 0 Å². The van der Waals surface area contributed by atoms with E-state index in [4.69, 9.17) is 0 Å². The molecule has 0 aliphatic heterocycles. The lowest BCUT2D eigenvalue weighted by atomic mass is 10.4. The van der Waals surface area contributed by atoms with Gasteiger partial charge in [-0.1, -0.05) is 39.1 Å². The fourth-order valence-electron chi connectivity index (χ4n) is 1.64. The zero-order valence-electron chi connectivity index (χ0n) is 12.0. The highest BCUT2D eigenvalue weighted by molar-refractivity contribution is 8.58. The maximum absolute atomic E-state index is 12.7. The van der Waals surface area contributed by atoms with Crippen molar-refractivity contribution in [2.75, 3.05) is 33.4 Å². The Morgan fingerprint density at radius 1 is 1.06 bits per heavy atom. The molecule has 98 valence electrons. The van der Waals surface area contributed by atoms with Gasteiger partial charge < -0.3 is 9.05 Å². The summed E-state index contributed by atoms with van der Waals surface area (Å²) in [6.07, 6.45) is -0.885. The van der Waals surface area contributed by atoms with Gasteiger partial charge in [0.2, 0.25) is 0 Å². The second-order valence-electron chi connectivity index (χ2n) is 6.03. The molecule has 2 nitrogen and oxygen atoms in total. The largest absolute Gasteiger partial charge is 0.331 e. The molecule has 0 aliphatic carbocycles. The highest BCUT2D eigenvalue weighted by Gasteiger charge is 2.30. The molecule has 0 aromatic heterocycles. The second kappa shape index (κ2) is 6.47. The topological polar surface area (TPSA) is 17.1 Å². The van der Waals surface area contributed by atoms with Crippen LogP contribution >= 0.6 is 17.7 Å². The molecule has 0 radical (unpaired) electrons. The zero-order valence-corrected chi connectivity index (χ0v) is 13.7. The second-order valence-corrected chi connectivity index (χ2v) is 12.5. The molecule has 0 aliphatic rings. The molecule has 4 heteroatoms. The van der Waals surface area contributed by atoms with Gasteiger partial charge in [0.1, 0.15) is 6.34 Å². The third-order valence-corrected chi connectivity index (χ3v) is 10.7. The maximum atomic E-state index is 12.7. The molecular formula is C12H29NOPS+. The predicted octanol–water partition coefficient (Wildman–Crippen LogP) is 3.91. The Bertz CT molecular complexity index is 234. The molecule has 0 aromatic carbocycles. The highest BCUT2D eigenvalue weighted by atomic mass is 32.7. The first-order valence-electron chi connectivity index (χ1n) is 6.14. The van der Waals surface area contributed by atoms with Gasteiger partial charge >= 0.3 is 0 Å². The smallest absolute Gasteiger partial charge is 0.144 e. The summed E-state index contributed by atoms with van der Waals surface area (Å²) in [4.78, 5) is 0. The van der Waals surface area contributed by atoms with Gasteiger partial charge in [-0.05, 0) is 0 Å². The standard InChI is InChI=1S/C12H29NOPS/c1-11(2)15(14,12(3)4)16-10-8-9-13(5,6)7/h11-12H,8-10H2,1-7H3/q+1. The molecule has 0 heterocycles. The zero-order chi connectivity index (χ0) is 13.0. The van der Waals surface area contributed by atoms with Crippen LogP contribution in [0.2, 0.25) is 0 Å². The molecular weight excluding hydrogens is 237 g/mol. The molecule has 0 saturated carbocycles. The molecule has 0 saturated heterocycles. The fourth-order valence-corrected chi connectivity index (χ4v) is 7.01. The van der Waals surface area contributed by atoms with Crippen LogP contribution in [0.25, 0.3) is 0 Å². The van der Waals surface area contributed by atoms with Crippen LogP contribution in [0.15, 0.2) is 0 Å². The average molecular weight is 266 g/mol. The van der Waals surface area contributed by atoms with Gasteiger partial charge in [-0.3, -0.25) is 0 Å². The molecule has 0 aromatic rings. The monoisotopic (exact) mass is 266 g/mol. The predicted molar refractivity (Wildman–Crippen MR) is 77.9 cm³/mol. The van der Waals surface area contributed by atoms with Crippen LogP contribution in [0.4, 0.5) is 0 Å². The minimum Gasteiger partial charge on any atom is -0.331 e. The van der Waals surface area contributed by atoms with Crippen molar-refractivity contribution in [3.8, 4) is 0 Å². The Labute approximate surface area is 106 Å². The van der Waals surface area contributed by atoms with Crippen LogP contribution in [-0.4, -0.2) is 49.2 Å². The van der Waals surface area contributed by atoms with Crippen LogP contribution < -0.4 is 0 Å². The Morgan fingerprint density at radius 2 is 1.50 bits per heavy atom. The lowest BCUT2D eigenvalue weighted by molar-refractivity contribution is -0.870. The third-order valence-electron chi connectivity index (χ3n) is 2.71. The molecule has 0 atom stereocenters. The Morgan fingerprint density at radius 3 is 1.81 bits per heavy atom. The number of hydrogen-bond acceptors (Lipinski definition) is 2. The summed E-state index contributed by atoms with van der Waals surface area (Å²) in [5, 5.41) is 0. The minimum atomic E-state index is -2.04. The van der Waals surface area contributed by atoms with Crippen molar-refractivity contribution in [1.29, 1.82) is 0 Å². The molecule has 0 amide bonds. The number of nitrogens with zero attached hydrogens (tertiary/aromatic N) is 1. The third kappa shape index (κ3) is 5.75. The highest BCUT2D eigenvalue weighted by Crippen LogP contribution is 2.65. The van der Waals surface area contributed by atoms with E-state index in [0.29, 0.717) is 11.3 Å². The maximum Gasteiger partial charge on any atom is 0.144 e. The van der Waals surface area contributed by atoms with E-state index in [9.17, 15) is 4.57 Å². The molecule has 0 spiro atoms. The molecule has 0 N–H and O–H groups in total. The normalized spacial score (nSPS) is 13.8. The number of hydrogen-bond donors (Lipinski definition) is 0.